The normalized spacial score (nSPS) is 11.0. The van der Waals surface area contributed by atoms with Gasteiger partial charge in [0.1, 0.15) is 0 Å². The molecular formula is C32H24N2O8. The maximum Gasteiger partial charge on any atom is 0.335 e. The molecule has 10 nitrogen and oxygen atoms in total. The van der Waals surface area contributed by atoms with Gasteiger partial charge in [-0.1, -0.05) is 24.3 Å². The first-order chi connectivity index (χ1) is 20.1. The number of fused-ring (bicyclic) bond motifs is 3. The smallest absolute Gasteiger partial charge is 0.335 e. The number of hydrogen-bond acceptors (Lipinski definition) is 6. The largest absolute Gasteiger partial charge is 0.478 e. The zero-order valence-electron chi connectivity index (χ0n) is 22.1. The molecule has 3 aromatic carbocycles. The summed E-state index contributed by atoms with van der Waals surface area (Å²) in [6.07, 6.45) is 1.66. The van der Waals surface area contributed by atoms with Gasteiger partial charge in [-0.3, -0.25) is 9.97 Å². The minimum atomic E-state index is -1.20. The van der Waals surface area contributed by atoms with E-state index in [1.165, 1.54) is 24.3 Å². The van der Waals surface area contributed by atoms with E-state index in [0.29, 0.717) is 47.8 Å². The summed E-state index contributed by atoms with van der Waals surface area (Å²) in [4.78, 5) is 55.5. The molecule has 0 atom stereocenters. The number of benzene rings is 3. The first-order valence-corrected chi connectivity index (χ1v) is 13.0. The van der Waals surface area contributed by atoms with Crippen LogP contribution in [0, 0.1) is 0 Å². The predicted octanol–water partition coefficient (Wildman–Crippen LogP) is 5.15. The van der Waals surface area contributed by atoms with Crippen LogP contribution in [0.2, 0.25) is 0 Å². The number of aromatic carboxylic acids is 4. The van der Waals surface area contributed by atoms with Crippen molar-refractivity contribution in [2.45, 2.75) is 25.7 Å². The molecule has 5 rings (SSSR count). The summed E-state index contributed by atoms with van der Waals surface area (Å²) >= 11 is 0. The number of carboxylic acid groups (broad SMARTS) is 4. The maximum absolute atomic E-state index is 11.5. The van der Waals surface area contributed by atoms with Crippen LogP contribution in [0.4, 0.5) is 0 Å². The molecule has 2 aromatic heterocycles. The number of nitrogens with zero attached hydrogens (tertiary/aromatic N) is 2. The van der Waals surface area contributed by atoms with E-state index < -0.39 is 23.9 Å². The van der Waals surface area contributed by atoms with Crippen LogP contribution < -0.4 is 0 Å². The third-order valence-corrected chi connectivity index (χ3v) is 6.95. The van der Waals surface area contributed by atoms with E-state index in [0.717, 1.165) is 34.3 Å². The second-order valence-electron chi connectivity index (χ2n) is 9.87. The molecule has 5 aromatic rings. The van der Waals surface area contributed by atoms with Crippen LogP contribution in [0.3, 0.4) is 0 Å². The monoisotopic (exact) mass is 564 g/mol. The minimum Gasteiger partial charge on any atom is -0.478 e. The number of carbonyl (C=O) groups is 4. The molecule has 4 N–H and O–H groups in total. The Morgan fingerprint density at radius 1 is 0.452 bits per heavy atom. The van der Waals surface area contributed by atoms with Crippen molar-refractivity contribution in [3.05, 3.63) is 118 Å². The number of pyridine rings is 2. The molecule has 0 radical (unpaired) electrons. The Bertz CT molecular complexity index is 1710. The molecule has 42 heavy (non-hydrogen) atoms. The van der Waals surface area contributed by atoms with Crippen LogP contribution in [0.1, 0.15) is 63.9 Å². The summed E-state index contributed by atoms with van der Waals surface area (Å²) in [5.41, 5.74) is 3.60. The van der Waals surface area contributed by atoms with E-state index in [-0.39, 0.29) is 22.3 Å². The fourth-order valence-electron chi connectivity index (χ4n) is 4.84. The van der Waals surface area contributed by atoms with Crippen molar-refractivity contribution in [3.8, 4) is 0 Å². The Hall–Kier alpha value is -5.64. The summed E-state index contributed by atoms with van der Waals surface area (Å²) in [6, 6.07) is 19.6. The quantitative estimate of drug-likeness (QED) is 0.166. The molecule has 0 amide bonds. The lowest BCUT2D eigenvalue weighted by atomic mass is 10.0. The van der Waals surface area contributed by atoms with Gasteiger partial charge in [-0.15, -0.1) is 0 Å². The topological polar surface area (TPSA) is 175 Å². The first-order valence-electron chi connectivity index (χ1n) is 13.0. The van der Waals surface area contributed by atoms with Crippen LogP contribution in [0.5, 0.6) is 0 Å². The van der Waals surface area contributed by atoms with Gasteiger partial charge in [0.25, 0.3) is 0 Å². The van der Waals surface area contributed by atoms with Crippen LogP contribution in [0.15, 0.2) is 72.8 Å². The van der Waals surface area contributed by atoms with Crippen LogP contribution in [-0.4, -0.2) is 54.3 Å². The van der Waals surface area contributed by atoms with Crippen molar-refractivity contribution in [3.63, 3.8) is 0 Å². The van der Waals surface area contributed by atoms with E-state index in [4.69, 9.17) is 9.97 Å². The molecule has 10 heteroatoms. The van der Waals surface area contributed by atoms with E-state index in [1.807, 2.05) is 36.4 Å². The van der Waals surface area contributed by atoms with E-state index in [2.05, 4.69) is 0 Å². The van der Waals surface area contributed by atoms with Crippen molar-refractivity contribution >= 4 is 45.7 Å². The van der Waals surface area contributed by atoms with E-state index in [9.17, 15) is 39.6 Å². The summed E-state index contributed by atoms with van der Waals surface area (Å²) in [5, 5.41) is 39.2. The minimum absolute atomic E-state index is 0.0898. The Kier molecular flexibility index (Phi) is 7.61. The van der Waals surface area contributed by atoms with E-state index in [1.54, 1.807) is 0 Å². The van der Waals surface area contributed by atoms with Crippen molar-refractivity contribution in [2.24, 2.45) is 0 Å². The highest BCUT2D eigenvalue weighted by molar-refractivity contribution is 6.02. The fourth-order valence-corrected chi connectivity index (χ4v) is 4.84. The molecule has 0 bridgehead atoms. The average Bonchev–Trinajstić information content (AvgIpc) is 2.98. The fraction of sp³-hybridized carbons (Fsp3) is 0.125. The molecule has 0 aliphatic heterocycles. The van der Waals surface area contributed by atoms with Gasteiger partial charge in [-0.05, 0) is 85.3 Å². The van der Waals surface area contributed by atoms with Crippen LogP contribution in [-0.2, 0) is 25.7 Å². The lowest BCUT2D eigenvalue weighted by molar-refractivity contribution is 0.0676. The van der Waals surface area contributed by atoms with Crippen molar-refractivity contribution in [1.82, 2.24) is 9.97 Å². The molecule has 210 valence electrons. The Morgan fingerprint density at radius 2 is 0.762 bits per heavy atom. The molecule has 0 aliphatic carbocycles. The van der Waals surface area contributed by atoms with Gasteiger partial charge in [0.2, 0.25) is 0 Å². The summed E-state index contributed by atoms with van der Waals surface area (Å²) in [5.74, 6) is -4.80. The predicted molar refractivity (Wildman–Crippen MR) is 153 cm³/mol. The summed E-state index contributed by atoms with van der Waals surface area (Å²) in [6.45, 7) is 0. The molecule has 0 aliphatic rings. The van der Waals surface area contributed by atoms with Crippen LogP contribution >= 0.6 is 0 Å². The SMILES string of the molecule is O=C(O)c1cc(CCc2ccc3ccc4ccc(CCc5cc(C(=O)O)cc(C(=O)O)c5)nc4c3n2)cc(C(=O)O)c1. The zero-order chi connectivity index (χ0) is 30.0. The Balaban J connectivity index is 1.42. The first kappa shape index (κ1) is 27.9. The standard InChI is InChI=1S/C32H24N2O8/c35-29(36)21-11-17(12-22(15-21)30(37)38)1-7-25-9-5-19-3-4-20-6-10-26(34-28(20)27(19)33-25)8-2-18-13-23(31(39)40)16-24(14-18)32(41)42/h3-6,9-16H,1-2,7-8H2,(H,35,36)(H,37,38)(H,39,40)(H,41,42). The number of rotatable bonds is 10. The second kappa shape index (κ2) is 11.5. The number of hydrogen-bond donors (Lipinski definition) is 4. The zero-order valence-corrected chi connectivity index (χ0v) is 22.1. The highest BCUT2D eigenvalue weighted by atomic mass is 16.4. The van der Waals surface area contributed by atoms with Gasteiger partial charge >= 0.3 is 23.9 Å². The van der Waals surface area contributed by atoms with Gasteiger partial charge in [-0.25, -0.2) is 19.2 Å². The van der Waals surface area contributed by atoms with Gasteiger partial charge in [0.15, 0.2) is 0 Å². The summed E-state index contributed by atoms with van der Waals surface area (Å²) < 4.78 is 0. The van der Waals surface area contributed by atoms with Gasteiger partial charge in [0.05, 0.1) is 33.3 Å². The van der Waals surface area contributed by atoms with Crippen molar-refractivity contribution < 1.29 is 39.6 Å². The van der Waals surface area contributed by atoms with Crippen LogP contribution in [0.25, 0.3) is 21.8 Å². The molecule has 0 spiro atoms. The average molecular weight is 565 g/mol. The van der Waals surface area contributed by atoms with E-state index >= 15 is 0 Å². The maximum atomic E-state index is 11.5. The number of aromatic nitrogens is 2. The van der Waals surface area contributed by atoms with Crippen molar-refractivity contribution in [2.75, 3.05) is 0 Å². The third kappa shape index (κ3) is 6.07. The second-order valence-corrected chi connectivity index (χ2v) is 9.87. The molecule has 0 fully saturated rings. The molecule has 0 saturated heterocycles. The van der Waals surface area contributed by atoms with Crippen molar-refractivity contribution in [1.29, 1.82) is 0 Å². The molecular weight excluding hydrogens is 540 g/mol. The molecule has 0 saturated carbocycles. The molecule has 0 unspecified atom stereocenters. The Morgan fingerprint density at radius 3 is 1.07 bits per heavy atom. The number of aryl methyl sites for hydroxylation is 4. The third-order valence-electron chi connectivity index (χ3n) is 6.95. The Labute approximate surface area is 238 Å². The van der Waals surface area contributed by atoms with Gasteiger partial charge in [0, 0.05) is 22.2 Å². The van der Waals surface area contributed by atoms with Gasteiger partial charge in [-0.2, -0.15) is 0 Å². The van der Waals surface area contributed by atoms with Gasteiger partial charge < -0.3 is 20.4 Å². The lowest BCUT2D eigenvalue weighted by Gasteiger charge is -2.09. The lowest BCUT2D eigenvalue weighted by Crippen LogP contribution is -2.05. The number of carboxylic acids is 4. The summed E-state index contributed by atoms with van der Waals surface area (Å²) in [7, 11) is 0. The highest BCUT2D eigenvalue weighted by Gasteiger charge is 2.14. The highest BCUT2D eigenvalue weighted by Crippen LogP contribution is 2.24. The molecule has 2 heterocycles.